The molecule has 21 heavy (non-hydrogen) atoms. The highest BCUT2D eigenvalue weighted by Crippen LogP contribution is 2.36. The molecular weight excluding hydrogens is 281 g/mol. The molecule has 2 N–H and O–H groups in total. The second kappa shape index (κ2) is 6.66. The van der Waals surface area contributed by atoms with Crippen molar-refractivity contribution in [2.24, 2.45) is 0 Å². The van der Waals surface area contributed by atoms with Crippen molar-refractivity contribution < 1.29 is 18.3 Å². The van der Waals surface area contributed by atoms with E-state index in [0.717, 1.165) is 19.3 Å². The topological polar surface area (TPSA) is 35.5 Å². The van der Waals surface area contributed by atoms with Crippen molar-refractivity contribution in [3.63, 3.8) is 0 Å². The van der Waals surface area contributed by atoms with Crippen molar-refractivity contribution in [1.29, 1.82) is 0 Å². The molecule has 0 spiro atoms. The molecule has 0 amide bonds. The molecule has 0 aromatic heterocycles. The van der Waals surface area contributed by atoms with Gasteiger partial charge >= 0.3 is 6.18 Å². The third-order valence-electron chi connectivity index (χ3n) is 3.94. The van der Waals surface area contributed by atoms with E-state index in [1.807, 2.05) is 4.90 Å². The molecule has 1 aliphatic rings. The minimum atomic E-state index is -4.37. The number of aliphatic hydroxyl groups is 1. The Labute approximate surface area is 122 Å². The molecule has 0 radical (unpaired) electrons. The summed E-state index contributed by atoms with van der Waals surface area (Å²) in [4.78, 5) is 1.89. The fourth-order valence-electron chi connectivity index (χ4n) is 2.88. The van der Waals surface area contributed by atoms with Gasteiger partial charge in [0, 0.05) is 18.8 Å². The highest BCUT2D eigenvalue weighted by molar-refractivity contribution is 5.53. The van der Waals surface area contributed by atoms with E-state index in [2.05, 4.69) is 5.32 Å². The van der Waals surface area contributed by atoms with Gasteiger partial charge in [-0.1, -0.05) is 6.07 Å². The Kier molecular flexibility index (Phi) is 5.11. The van der Waals surface area contributed by atoms with Crippen LogP contribution in [0.5, 0.6) is 0 Å². The third-order valence-corrected chi connectivity index (χ3v) is 3.94. The van der Waals surface area contributed by atoms with Crippen molar-refractivity contribution in [3.8, 4) is 0 Å². The monoisotopic (exact) mass is 302 g/mol. The molecule has 1 aromatic rings. The molecule has 0 saturated carbocycles. The molecule has 1 aromatic carbocycles. The van der Waals surface area contributed by atoms with Crippen LogP contribution in [0.1, 0.15) is 30.4 Å². The Morgan fingerprint density at radius 3 is 2.71 bits per heavy atom. The molecule has 1 aliphatic heterocycles. The molecule has 1 saturated heterocycles. The van der Waals surface area contributed by atoms with Crippen molar-refractivity contribution in [2.45, 2.75) is 38.0 Å². The van der Waals surface area contributed by atoms with Crippen LogP contribution in [0, 0.1) is 0 Å². The summed E-state index contributed by atoms with van der Waals surface area (Å²) < 4.78 is 39.6. The van der Waals surface area contributed by atoms with E-state index in [4.69, 9.17) is 0 Å². The number of alkyl halides is 3. The van der Waals surface area contributed by atoms with Gasteiger partial charge in [0.15, 0.2) is 0 Å². The van der Waals surface area contributed by atoms with Gasteiger partial charge in [-0.25, -0.2) is 0 Å². The normalized spacial score (nSPS) is 19.9. The van der Waals surface area contributed by atoms with E-state index in [1.54, 1.807) is 13.1 Å². The zero-order valence-corrected chi connectivity index (χ0v) is 12.1. The molecule has 118 valence electrons. The lowest BCUT2D eigenvalue weighted by molar-refractivity contribution is -0.138. The first kappa shape index (κ1) is 16.1. The third kappa shape index (κ3) is 3.68. The number of piperidine rings is 1. The number of nitrogens with one attached hydrogen (secondary N) is 1. The van der Waals surface area contributed by atoms with Crippen LogP contribution in [0.4, 0.5) is 18.9 Å². The Morgan fingerprint density at radius 2 is 2.10 bits per heavy atom. The van der Waals surface area contributed by atoms with Crippen molar-refractivity contribution >= 4 is 5.69 Å². The largest absolute Gasteiger partial charge is 0.416 e. The van der Waals surface area contributed by atoms with Crippen LogP contribution in [0.15, 0.2) is 18.2 Å². The predicted octanol–water partition coefficient (Wildman–Crippen LogP) is 2.78. The maximum atomic E-state index is 13.2. The zero-order valence-electron chi connectivity index (χ0n) is 12.1. The predicted molar refractivity (Wildman–Crippen MR) is 76.3 cm³/mol. The van der Waals surface area contributed by atoms with Gasteiger partial charge in [-0.3, -0.25) is 0 Å². The van der Waals surface area contributed by atoms with Gasteiger partial charge in [0.25, 0.3) is 0 Å². The molecular formula is C15H21F3N2O. The minimum absolute atomic E-state index is 0.0282. The number of hydrogen-bond donors (Lipinski definition) is 2. The first-order valence-electron chi connectivity index (χ1n) is 7.19. The van der Waals surface area contributed by atoms with Gasteiger partial charge in [-0.2, -0.15) is 13.2 Å². The lowest BCUT2D eigenvalue weighted by Gasteiger charge is -2.37. The van der Waals surface area contributed by atoms with Gasteiger partial charge < -0.3 is 15.3 Å². The molecule has 1 unspecified atom stereocenters. The Hall–Kier alpha value is -1.27. The number of anilines is 1. The molecule has 1 fully saturated rings. The number of nitrogens with zero attached hydrogens (tertiary/aromatic N) is 1. The SMILES string of the molecule is CNCc1ccc(N2CCCCC2CO)cc1C(F)(F)F. The summed E-state index contributed by atoms with van der Waals surface area (Å²) >= 11 is 0. The Bertz CT molecular complexity index is 476. The summed E-state index contributed by atoms with van der Waals surface area (Å²) in [5.41, 5.74) is 0.184. The highest BCUT2D eigenvalue weighted by atomic mass is 19.4. The molecule has 6 heteroatoms. The number of aliphatic hydroxyl groups excluding tert-OH is 1. The van der Waals surface area contributed by atoms with Crippen LogP contribution in [-0.2, 0) is 12.7 Å². The summed E-state index contributed by atoms with van der Waals surface area (Å²) in [6, 6.07) is 4.36. The second-order valence-electron chi connectivity index (χ2n) is 5.40. The second-order valence-corrected chi connectivity index (χ2v) is 5.40. The van der Waals surface area contributed by atoms with Gasteiger partial charge in [0.05, 0.1) is 18.2 Å². The Balaban J connectivity index is 2.36. The highest BCUT2D eigenvalue weighted by Gasteiger charge is 2.34. The number of halogens is 3. The van der Waals surface area contributed by atoms with Crippen molar-refractivity contribution in [3.05, 3.63) is 29.3 Å². The van der Waals surface area contributed by atoms with Gasteiger partial charge in [-0.05, 0) is 44.0 Å². The summed E-state index contributed by atoms with van der Waals surface area (Å²) in [5.74, 6) is 0. The van der Waals surface area contributed by atoms with Crippen LogP contribution < -0.4 is 10.2 Å². The van der Waals surface area contributed by atoms with Crippen LogP contribution in [-0.4, -0.2) is 31.3 Å². The van der Waals surface area contributed by atoms with Crippen molar-refractivity contribution in [1.82, 2.24) is 5.32 Å². The lowest BCUT2D eigenvalue weighted by atomic mass is 9.99. The smallest absolute Gasteiger partial charge is 0.394 e. The van der Waals surface area contributed by atoms with Crippen LogP contribution in [0.3, 0.4) is 0 Å². The first-order valence-corrected chi connectivity index (χ1v) is 7.19. The van der Waals surface area contributed by atoms with Gasteiger partial charge in [0.1, 0.15) is 0 Å². The minimum Gasteiger partial charge on any atom is -0.394 e. The van der Waals surface area contributed by atoms with E-state index in [-0.39, 0.29) is 24.8 Å². The van der Waals surface area contributed by atoms with Gasteiger partial charge in [0.2, 0.25) is 0 Å². The molecule has 0 bridgehead atoms. The number of rotatable bonds is 4. The standard InChI is InChI=1S/C15H21F3N2O/c1-19-9-11-5-6-12(8-14(11)15(16,17)18)20-7-3-2-4-13(20)10-21/h5-6,8,13,19,21H,2-4,7,9-10H2,1H3. The van der Waals surface area contributed by atoms with Crippen LogP contribution in [0.25, 0.3) is 0 Å². The molecule has 2 rings (SSSR count). The Morgan fingerprint density at radius 1 is 1.33 bits per heavy atom. The maximum Gasteiger partial charge on any atom is 0.416 e. The summed E-state index contributed by atoms with van der Waals surface area (Å²) in [6.45, 7) is 0.839. The average molecular weight is 302 g/mol. The summed E-state index contributed by atoms with van der Waals surface area (Å²) in [7, 11) is 1.63. The van der Waals surface area contributed by atoms with Gasteiger partial charge in [-0.15, -0.1) is 0 Å². The summed E-state index contributed by atoms with van der Waals surface area (Å²) in [6.07, 6.45) is -1.61. The zero-order chi connectivity index (χ0) is 15.5. The number of benzene rings is 1. The fraction of sp³-hybridized carbons (Fsp3) is 0.600. The molecule has 1 atom stereocenters. The van der Waals surface area contributed by atoms with E-state index < -0.39 is 11.7 Å². The van der Waals surface area contributed by atoms with Crippen LogP contribution in [0.2, 0.25) is 0 Å². The average Bonchev–Trinajstić information content (AvgIpc) is 2.47. The van der Waals surface area contributed by atoms with Crippen molar-refractivity contribution in [2.75, 3.05) is 25.1 Å². The van der Waals surface area contributed by atoms with E-state index in [0.29, 0.717) is 12.2 Å². The summed E-state index contributed by atoms with van der Waals surface area (Å²) in [5, 5.41) is 12.2. The molecule has 3 nitrogen and oxygen atoms in total. The van der Waals surface area contributed by atoms with E-state index in [1.165, 1.54) is 12.1 Å². The fourth-order valence-corrected chi connectivity index (χ4v) is 2.88. The lowest BCUT2D eigenvalue weighted by Crippen LogP contribution is -2.42. The molecule has 1 heterocycles. The quantitative estimate of drug-likeness (QED) is 0.898. The number of hydrogen-bond acceptors (Lipinski definition) is 3. The maximum absolute atomic E-state index is 13.2. The molecule has 0 aliphatic carbocycles. The van der Waals surface area contributed by atoms with E-state index >= 15 is 0 Å². The first-order chi connectivity index (χ1) is 9.97. The van der Waals surface area contributed by atoms with Crippen LogP contribution >= 0.6 is 0 Å². The van der Waals surface area contributed by atoms with E-state index in [9.17, 15) is 18.3 Å².